The van der Waals surface area contributed by atoms with Crippen LogP contribution in [0.25, 0.3) is 16.9 Å². The number of pyridine rings is 1. The van der Waals surface area contributed by atoms with E-state index in [1.165, 1.54) is 4.68 Å². The van der Waals surface area contributed by atoms with Gasteiger partial charge in [-0.05, 0) is 12.1 Å². The summed E-state index contributed by atoms with van der Waals surface area (Å²) in [5.41, 5.74) is 6.04. The van der Waals surface area contributed by atoms with Gasteiger partial charge in [-0.2, -0.15) is 14.9 Å². The van der Waals surface area contributed by atoms with Gasteiger partial charge in [-0.15, -0.1) is 0 Å². The zero-order valence-corrected chi connectivity index (χ0v) is 8.66. The number of aromatic nitrogens is 5. The summed E-state index contributed by atoms with van der Waals surface area (Å²) in [5.74, 6) is 0.0439. The highest BCUT2D eigenvalue weighted by molar-refractivity contribution is 6.03. The van der Waals surface area contributed by atoms with Gasteiger partial charge in [0.1, 0.15) is 0 Å². The molecular weight excluding hydrogens is 220 g/mol. The monoisotopic (exact) mass is 228 g/mol. The fourth-order valence-electron chi connectivity index (χ4n) is 1.67. The number of carbonyl (C=O) groups is 1. The highest BCUT2D eigenvalue weighted by Crippen LogP contribution is 2.18. The first-order valence-corrected chi connectivity index (χ1v) is 4.90. The normalized spacial score (nSPS) is 10.8. The van der Waals surface area contributed by atoms with E-state index in [1.807, 2.05) is 0 Å². The lowest BCUT2D eigenvalue weighted by molar-refractivity contribution is 0.0996. The number of hydrogen-bond donors (Lipinski definition) is 2. The van der Waals surface area contributed by atoms with Crippen molar-refractivity contribution in [2.24, 2.45) is 5.73 Å². The Balaban J connectivity index is 2.37. The maximum absolute atomic E-state index is 11.3. The van der Waals surface area contributed by atoms with Gasteiger partial charge < -0.3 is 5.73 Å². The fourth-order valence-corrected chi connectivity index (χ4v) is 1.67. The average Bonchev–Trinajstić information content (AvgIpc) is 2.95. The number of primary amides is 1. The summed E-state index contributed by atoms with van der Waals surface area (Å²) >= 11 is 0. The maximum atomic E-state index is 11.3. The zero-order valence-electron chi connectivity index (χ0n) is 8.66. The van der Waals surface area contributed by atoms with Crippen LogP contribution < -0.4 is 5.73 Å². The molecule has 0 atom stereocenters. The minimum atomic E-state index is -0.582. The van der Waals surface area contributed by atoms with E-state index in [0.717, 1.165) is 0 Å². The third-order valence-electron chi connectivity index (χ3n) is 2.39. The van der Waals surface area contributed by atoms with E-state index in [1.54, 1.807) is 30.6 Å². The second-order valence-electron chi connectivity index (χ2n) is 3.44. The number of aromatic amines is 1. The topological polar surface area (TPSA) is 102 Å². The molecule has 3 rings (SSSR count). The third-order valence-corrected chi connectivity index (χ3v) is 2.39. The summed E-state index contributed by atoms with van der Waals surface area (Å²) in [6.07, 6.45) is 3.22. The first kappa shape index (κ1) is 9.52. The molecule has 3 aromatic rings. The van der Waals surface area contributed by atoms with Crippen LogP contribution in [0.1, 0.15) is 10.5 Å². The molecule has 17 heavy (non-hydrogen) atoms. The number of nitrogens with zero attached hydrogens (tertiary/aromatic N) is 4. The lowest BCUT2D eigenvalue weighted by atomic mass is 10.2. The van der Waals surface area contributed by atoms with Crippen molar-refractivity contribution in [3.05, 3.63) is 36.3 Å². The molecular formula is C10H8N6O. The predicted molar refractivity (Wildman–Crippen MR) is 59.5 cm³/mol. The van der Waals surface area contributed by atoms with Crippen molar-refractivity contribution in [2.45, 2.75) is 0 Å². The molecule has 0 saturated carbocycles. The average molecular weight is 228 g/mol. The molecule has 1 amide bonds. The van der Waals surface area contributed by atoms with Crippen molar-refractivity contribution in [3.63, 3.8) is 0 Å². The molecule has 7 heteroatoms. The molecule has 0 saturated heterocycles. The van der Waals surface area contributed by atoms with E-state index in [-0.39, 0.29) is 5.69 Å². The van der Waals surface area contributed by atoms with Crippen LogP contribution in [-0.4, -0.2) is 30.9 Å². The molecule has 0 unspecified atom stereocenters. The van der Waals surface area contributed by atoms with Crippen molar-refractivity contribution in [2.75, 3.05) is 0 Å². The summed E-state index contributed by atoms with van der Waals surface area (Å²) in [7, 11) is 0. The molecule has 0 aliphatic carbocycles. The number of fused-ring (bicyclic) bond motifs is 1. The second-order valence-corrected chi connectivity index (χ2v) is 3.44. The van der Waals surface area contributed by atoms with Crippen LogP contribution in [0.3, 0.4) is 0 Å². The largest absolute Gasteiger partial charge is 0.364 e. The van der Waals surface area contributed by atoms with Crippen molar-refractivity contribution in [1.82, 2.24) is 25.0 Å². The van der Waals surface area contributed by atoms with Gasteiger partial charge >= 0.3 is 0 Å². The van der Waals surface area contributed by atoms with Gasteiger partial charge in [0, 0.05) is 12.3 Å². The van der Waals surface area contributed by atoms with Crippen LogP contribution in [-0.2, 0) is 0 Å². The van der Waals surface area contributed by atoms with Gasteiger partial charge in [0.25, 0.3) is 5.91 Å². The summed E-state index contributed by atoms with van der Waals surface area (Å²) < 4.78 is 1.50. The maximum Gasteiger partial charge on any atom is 0.269 e. The summed E-state index contributed by atoms with van der Waals surface area (Å²) in [6.45, 7) is 0. The number of H-pyrrole nitrogens is 1. The molecule has 0 aliphatic heterocycles. The van der Waals surface area contributed by atoms with Gasteiger partial charge in [0.15, 0.2) is 17.2 Å². The number of rotatable bonds is 2. The van der Waals surface area contributed by atoms with Gasteiger partial charge in [-0.25, -0.2) is 4.98 Å². The van der Waals surface area contributed by atoms with E-state index >= 15 is 0 Å². The third kappa shape index (κ3) is 1.36. The Morgan fingerprint density at radius 2 is 2.24 bits per heavy atom. The van der Waals surface area contributed by atoms with Crippen molar-refractivity contribution < 1.29 is 4.79 Å². The first-order chi connectivity index (χ1) is 8.27. The molecule has 0 bridgehead atoms. The standard InChI is InChI=1S/C10H8N6O/c11-9(17)8-6-2-1-4-12-10(6)16(15-8)7-3-5-13-14-7/h1-5H,(H2,11,17)(H,13,14). The minimum Gasteiger partial charge on any atom is -0.364 e. The van der Waals surface area contributed by atoms with Crippen LogP contribution in [0.2, 0.25) is 0 Å². The Labute approximate surface area is 95.3 Å². The van der Waals surface area contributed by atoms with Crippen LogP contribution in [0.15, 0.2) is 30.6 Å². The van der Waals surface area contributed by atoms with Crippen molar-refractivity contribution >= 4 is 16.9 Å². The molecule has 3 heterocycles. The van der Waals surface area contributed by atoms with E-state index in [0.29, 0.717) is 16.9 Å². The van der Waals surface area contributed by atoms with Crippen LogP contribution in [0, 0.1) is 0 Å². The van der Waals surface area contributed by atoms with E-state index < -0.39 is 5.91 Å². The highest BCUT2D eigenvalue weighted by Gasteiger charge is 2.16. The Kier molecular flexibility index (Phi) is 1.91. The van der Waals surface area contributed by atoms with E-state index in [4.69, 9.17) is 5.73 Å². The number of nitrogens with two attached hydrogens (primary N) is 1. The molecule has 0 fully saturated rings. The summed E-state index contributed by atoms with van der Waals surface area (Å²) in [4.78, 5) is 15.5. The molecule has 0 aromatic carbocycles. The van der Waals surface area contributed by atoms with Gasteiger partial charge in [-0.1, -0.05) is 0 Å². The Morgan fingerprint density at radius 1 is 1.35 bits per heavy atom. The number of carbonyl (C=O) groups excluding carboxylic acids is 1. The molecule has 7 nitrogen and oxygen atoms in total. The van der Waals surface area contributed by atoms with E-state index in [2.05, 4.69) is 20.3 Å². The van der Waals surface area contributed by atoms with Crippen molar-refractivity contribution in [1.29, 1.82) is 0 Å². The molecule has 0 spiro atoms. The molecule has 0 radical (unpaired) electrons. The summed E-state index contributed by atoms with van der Waals surface area (Å²) in [5, 5.41) is 11.3. The first-order valence-electron chi connectivity index (χ1n) is 4.90. The lowest BCUT2D eigenvalue weighted by Gasteiger charge is -1.96. The predicted octanol–water partition coefficient (Wildman–Crippen LogP) is 0.242. The Hall–Kier alpha value is -2.70. The number of amides is 1. The fraction of sp³-hybridized carbons (Fsp3) is 0. The Bertz CT molecular complexity index is 684. The highest BCUT2D eigenvalue weighted by atomic mass is 16.1. The quantitative estimate of drug-likeness (QED) is 0.655. The summed E-state index contributed by atoms with van der Waals surface area (Å²) in [6, 6.07) is 5.21. The molecule has 3 N–H and O–H groups in total. The van der Waals surface area contributed by atoms with Gasteiger partial charge in [0.2, 0.25) is 0 Å². The van der Waals surface area contributed by atoms with E-state index in [9.17, 15) is 4.79 Å². The van der Waals surface area contributed by atoms with Crippen LogP contribution in [0.4, 0.5) is 0 Å². The Morgan fingerprint density at radius 3 is 2.94 bits per heavy atom. The lowest BCUT2D eigenvalue weighted by Crippen LogP contribution is -2.12. The number of nitrogens with one attached hydrogen (secondary N) is 1. The zero-order chi connectivity index (χ0) is 11.8. The number of hydrogen-bond acceptors (Lipinski definition) is 4. The smallest absolute Gasteiger partial charge is 0.269 e. The van der Waals surface area contributed by atoms with Gasteiger partial charge in [-0.3, -0.25) is 9.89 Å². The van der Waals surface area contributed by atoms with Crippen LogP contribution >= 0.6 is 0 Å². The second kappa shape index (κ2) is 3.41. The molecule has 3 aromatic heterocycles. The molecule has 84 valence electrons. The van der Waals surface area contributed by atoms with Gasteiger partial charge in [0.05, 0.1) is 11.6 Å². The van der Waals surface area contributed by atoms with Crippen LogP contribution in [0.5, 0.6) is 0 Å². The SMILES string of the molecule is NC(=O)c1nn(-c2ccn[nH]2)c2ncccc12. The van der Waals surface area contributed by atoms with Crippen molar-refractivity contribution in [3.8, 4) is 5.82 Å². The minimum absolute atomic E-state index is 0.197. The molecule has 0 aliphatic rings.